The van der Waals surface area contributed by atoms with Gasteiger partial charge in [-0.05, 0) is 79.4 Å². The van der Waals surface area contributed by atoms with Crippen LogP contribution in [0.2, 0.25) is 0 Å². The molecule has 2 heteroatoms. The van der Waals surface area contributed by atoms with Crippen LogP contribution in [0.15, 0.2) is 0 Å². The first kappa shape index (κ1) is 14.5. The first-order valence-electron chi connectivity index (χ1n) is 9.29. The van der Waals surface area contributed by atoms with Gasteiger partial charge in [0.15, 0.2) is 5.79 Å². The summed E-state index contributed by atoms with van der Waals surface area (Å²) in [5.74, 6) is 1.89. The van der Waals surface area contributed by atoms with Crippen molar-refractivity contribution in [3.8, 4) is 0 Å². The van der Waals surface area contributed by atoms with E-state index in [2.05, 4.69) is 13.8 Å². The van der Waals surface area contributed by atoms with Crippen molar-refractivity contribution >= 4 is 0 Å². The van der Waals surface area contributed by atoms with Gasteiger partial charge < -0.3 is 10.2 Å². The Morgan fingerprint density at radius 1 is 0.810 bits per heavy atom. The lowest BCUT2D eigenvalue weighted by Crippen LogP contribution is -2.55. The Balaban J connectivity index is 1.62. The van der Waals surface area contributed by atoms with Crippen LogP contribution in [-0.4, -0.2) is 16.0 Å². The van der Waals surface area contributed by atoms with Crippen molar-refractivity contribution < 1.29 is 10.2 Å². The van der Waals surface area contributed by atoms with E-state index in [4.69, 9.17) is 0 Å². The van der Waals surface area contributed by atoms with E-state index in [9.17, 15) is 10.2 Å². The van der Waals surface area contributed by atoms with E-state index in [0.717, 1.165) is 24.2 Å². The van der Waals surface area contributed by atoms with Crippen molar-refractivity contribution in [2.75, 3.05) is 0 Å². The highest BCUT2D eigenvalue weighted by Gasteiger charge is 2.59. The standard InChI is InChI=1S/C19H32O2/c1-17-8-3-4-15(17)14-6-5-13-12-19(20,21)11-10-18(13,2)16(14)7-9-17/h13-16,20-21H,3-12H2,1-2H3/t13?,14-,15-,16-,17-,18-/m0/s1. The van der Waals surface area contributed by atoms with E-state index in [0.29, 0.717) is 29.6 Å². The molecule has 0 aliphatic heterocycles. The van der Waals surface area contributed by atoms with Crippen LogP contribution in [0, 0.1) is 34.5 Å². The number of aliphatic hydroxyl groups is 2. The molecule has 1 unspecified atom stereocenters. The average molecular weight is 292 g/mol. The Morgan fingerprint density at radius 3 is 2.43 bits per heavy atom. The first-order chi connectivity index (χ1) is 9.84. The molecule has 2 N–H and O–H groups in total. The average Bonchev–Trinajstić information content (AvgIpc) is 2.81. The van der Waals surface area contributed by atoms with Crippen molar-refractivity contribution in [2.45, 2.75) is 83.8 Å². The van der Waals surface area contributed by atoms with Crippen LogP contribution in [0.25, 0.3) is 0 Å². The lowest BCUT2D eigenvalue weighted by Gasteiger charge is -2.61. The molecule has 0 aromatic rings. The molecule has 0 spiro atoms. The second-order valence-corrected chi connectivity index (χ2v) is 9.43. The van der Waals surface area contributed by atoms with Gasteiger partial charge in [0.25, 0.3) is 0 Å². The fraction of sp³-hybridized carbons (Fsp3) is 1.00. The van der Waals surface area contributed by atoms with Crippen molar-refractivity contribution in [1.29, 1.82) is 0 Å². The summed E-state index contributed by atoms with van der Waals surface area (Å²) in [6.45, 7) is 5.05. The molecule has 4 aliphatic rings. The van der Waals surface area contributed by atoms with Crippen molar-refractivity contribution in [2.24, 2.45) is 34.5 Å². The Hall–Kier alpha value is -0.0800. The zero-order valence-electron chi connectivity index (χ0n) is 13.8. The zero-order chi connectivity index (χ0) is 14.9. The number of fused-ring (bicyclic) bond motifs is 5. The normalized spacial score (nSPS) is 55.4. The molecular weight excluding hydrogens is 260 g/mol. The van der Waals surface area contributed by atoms with Gasteiger partial charge in [-0.1, -0.05) is 20.3 Å². The predicted molar refractivity (Wildman–Crippen MR) is 83.5 cm³/mol. The minimum atomic E-state index is -1.38. The fourth-order valence-corrected chi connectivity index (χ4v) is 7.22. The summed E-state index contributed by atoms with van der Waals surface area (Å²) in [6.07, 6.45) is 12.0. The molecular formula is C19H32O2. The maximum Gasteiger partial charge on any atom is 0.162 e. The van der Waals surface area contributed by atoms with E-state index in [-0.39, 0.29) is 0 Å². The van der Waals surface area contributed by atoms with Crippen molar-refractivity contribution in [3.63, 3.8) is 0 Å². The van der Waals surface area contributed by atoms with Gasteiger partial charge in [-0.2, -0.15) is 0 Å². The lowest BCUT2D eigenvalue weighted by atomic mass is 9.45. The summed E-state index contributed by atoms with van der Waals surface area (Å²) in [5, 5.41) is 20.1. The predicted octanol–water partition coefficient (Wildman–Crippen LogP) is 4.10. The van der Waals surface area contributed by atoms with E-state index in [1.165, 1.54) is 44.9 Å². The van der Waals surface area contributed by atoms with Gasteiger partial charge in [0, 0.05) is 12.8 Å². The third-order valence-electron chi connectivity index (χ3n) is 8.48. The molecule has 0 bridgehead atoms. The third kappa shape index (κ3) is 2.05. The summed E-state index contributed by atoms with van der Waals surface area (Å²) >= 11 is 0. The van der Waals surface area contributed by atoms with Crippen LogP contribution in [0.3, 0.4) is 0 Å². The molecule has 2 nitrogen and oxygen atoms in total. The molecule has 0 radical (unpaired) electrons. The van der Waals surface area contributed by atoms with Gasteiger partial charge in [-0.25, -0.2) is 0 Å². The quantitative estimate of drug-likeness (QED) is 0.660. The van der Waals surface area contributed by atoms with E-state index in [1.54, 1.807) is 0 Å². The summed E-state index contributed by atoms with van der Waals surface area (Å²) in [6, 6.07) is 0. The Kier molecular flexibility index (Phi) is 3.09. The molecule has 4 rings (SSSR count). The minimum absolute atomic E-state index is 0.377. The molecule has 120 valence electrons. The number of rotatable bonds is 0. The summed E-state index contributed by atoms with van der Waals surface area (Å²) in [4.78, 5) is 0. The Morgan fingerprint density at radius 2 is 1.62 bits per heavy atom. The van der Waals surface area contributed by atoms with E-state index in [1.807, 2.05) is 0 Å². The molecule has 0 amide bonds. The molecule has 0 aromatic carbocycles. The van der Waals surface area contributed by atoms with Gasteiger partial charge in [0.1, 0.15) is 0 Å². The fourth-order valence-electron chi connectivity index (χ4n) is 7.22. The molecule has 0 aromatic heterocycles. The molecule has 0 saturated heterocycles. The topological polar surface area (TPSA) is 40.5 Å². The van der Waals surface area contributed by atoms with E-state index < -0.39 is 5.79 Å². The van der Waals surface area contributed by atoms with Crippen LogP contribution in [0.4, 0.5) is 0 Å². The molecule has 0 heterocycles. The second kappa shape index (κ2) is 4.47. The zero-order valence-corrected chi connectivity index (χ0v) is 13.8. The van der Waals surface area contributed by atoms with Gasteiger partial charge in [0.05, 0.1) is 0 Å². The van der Waals surface area contributed by atoms with Crippen LogP contribution in [0.1, 0.15) is 78.1 Å². The maximum atomic E-state index is 10.1. The molecule has 4 saturated carbocycles. The van der Waals surface area contributed by atoms with Crippen molar-refractivity contribution in [1.82, 2.24) is 0 Å². The van der Waals surface area contributed by atoms with Gasteiger partial charge in [-0.3, -0.25) is 0 Å². The maximum absolute atomic E-state index is 10.1. The van der Waals surface area contributed by atoms with Crippen molar-refractivity contribution in [3.05, 3.63) is 0 Å². The molecule has 6 atom stereocenters. The van der Waals surface area contributed by atoms with Crippen LogP contribution < -0.4 is 0 Å². The summed E-state index contributed by atoms with van der Waals surface area (Å²) in [7, 11) is 0. The SMILES string of the molecule is C[C@@]12CCC[C@H]1[C@@H]1CCC3CC(O)(O)CC[C@]3(C)[C@H]1CC2. The highest BCUT2D eigenvalue weighted by atomic mass is 16.5. The van der Waals surface area contributed by atoms with Gasteiger partial charge in [0.2, 0.25) is 0 Å². The highest BCUT2D eigenvalue weighted by Crippen LogP contribution is 2.66. The van der Waals surface area contributed by atoms with E-state index >= 15 is 0 Å². The lowest BCUT2D eigenvalue weighted by molar-refractivity contribution is -0.232. The van der Waals surface area contributed by atoms with Crippen LogP contribution >= 0.6 is 0 Å². The number of hydrogen-bond donors (Lipinski definition) is 2. The third-order valence-corrected chi connectivity index (χ3v) is 8.48. The first-order valence-corrected chi connectivity index (χ1v) is 9.29. The molecule has 21 heavy (non-hydrogen) atoms. The van der Waals surface area contributed by atoms with Gasteiger partial charge >= 0.3 is 0 Å². The largest absolute Gasteiger partial charge is 0.366 e. The monoisotopic (exact) mass is 292 g/mol. The Bertz CT molecular complexity index is 431. The highest BCUT2D eigenvalue weighted by molar-refractivity contribution is 5.07. The van der Waals surface area contributed by atoms with Crippen LogP contribution in [-0.2, 0) is 0 Å². The second-order valence-electron chi connectivity index (χ2n) is 9.43. The minimum Gasteiger partial charge on any atom is -0.366 e. The summed E-state index contributed by atoms with van der Waals surface area (Å²) in [5.41, 5.74) is 1.01. The molecule has 4 aliphatic carbocycles. The Labute approximate surface area is 129 Å². The smallest absolute Gasteiger partial charge is 0.162 e. The van der Waals surface area contributed by atoms with Gasteiger partial charge in [-0.15, -0.1) is 0 Å². The number of hydrogen-bond acceptors (Lipinski definition) is 2. The van der Waals surface area contributed by atoms with Crippen LogP contribution in [0.5, 0.6) is 0 Å². The summed E-state index contributed by atoms with van der Waals surface area (Å²) < 4.78 is 0. The molecule has 4 fully saturated rings.